The third kappa shape index (κ3) is 3.47. The minimum absolute atomic E-state index is 0.505. The van der Waals surface area contributed by atoms with Gasteiger partial charge >= 0.3 is 0 Å². The van der Waals surface area contributed by atoms with Crippen molar-refractivity contribution in [3.05, 3.63) is 77.7 Å². The maximum absolute atomic E-state index is 2.38. The molecule has 0 saturated heterocycles. The van der Waals surface area contributed by atoms with Crippen LogP contribution in [-0.2, 0) is 0 Å². The van der Waals surface area contributed by atoms with Crippen LogP contribution in [0.5, 0.6) is 0 Å². The van der Waals surface area contributed by atoms with E-state index < -0.39 is 0 Å². The van der Waals surface area contributed by atoms with Crippen molar-refractivity contribution >= 4 is 0 Å². The summed E-state index contributed by atoms with van der Waals surface area (Å²) in [7, 11) is 0. The Hall–Kier alpha value is -1.56. The van der Waals surface area contributed by atoms with Crippen molar-refractivity contribution in [3.8, 4) is 0 Å². The molecule has 99 valence electrons. The van der Waals surface area contributed by atoms with Crippen LogP contribution >= 0.6 is 0 Å². The van der Waals surface area contributed by atoms with E-state index in [1.807, 2.05) is 0 Å². The van der Waals surface area contributed by atoms with Crippen molar-refractivity contribution in [1.82, 2.24) is 0 Å². The maximum atomic E-state index is 2.38. The van der Waals surface area contributed by atoms with Crippen molar-refractivity contribution in [2.45, 2.75) is 39.0 Å². The van der Waals surface area contributed by atoms with Crippen LogP contribution in [0.1, 0.15) is 55.7 Å². The quantitative estimate of drug-likeness (QED) is 0.628. The fourth-order valence-corrected chi connectivity index (χ4v) is 2.63. The topological polar surface area (TPSA) is 0 Å². The zero-order chi connectivity index (χ0) is 13.5. The van der Waals surface area contributed by atoms with Crippen LogP contribution < -0.4 is 0 Å². The summed E-state index contributed by atoms with van der Waals surface area (Å²) >= 11 is 0. The van der Waals surface area contributed by atoms with Gasteiger partial charge in [-0.05, 0) is 36.0 Å². The Labute approximate surface area is 117 Å². The summed E-state index contributed by atoms with van der Waals surface area (Å²) in [6, 6.07) is 19.7. The molecule has 0 spiro atoms. The summed E-state index contributed by atoms with van der Waals surface area (Å²) in [5, 5.41) is 0. The Morgan fingerprint density at radius 3 is 2.26 bits per heavy atom. The minimum atomic E-state index is 0.505. The Balaban J connectivity index is 2.33. The van der Waals surface area contributed by atoms with E-state index in [0.717, 1.165) is 12.8 Å². The first-order valence-electron chi connectivity index (χ1n) is 7.33. The van der Waals surface area contributed by atoms with Gasteiger partial charge in [0.05, 0.1) is 0 Å². The number of rotatable bonds is 6. The second-order valence-corrected chi connectivity index (χ2v) is 4.99. The van der Waals surface area contributed by atoms with E-state index in [-0.39, 0.29) is 0 Å². The summed E-state index contributed by atoms with van der Waals surface area (Å²) < 4.78 is 0. The Bertz CT molecular complexity index is 484. The van der Waals surface area contributed by atoms with Crippen molar-refractivity contribution in [3.63, 3.8) is 0 Å². The van der Waals surface area contributed by atoms with Gasteiger partial charge in [-0.3, -0.25) is 0 Å². The molecule has 1 atom stereocenters. The molecule has 0 heterocycles. The molecule has 0 heteroatoms. The van der Waals surface area contributed by atoms with Gasteiger partial charge in [0.2, 0.25) is 0 Å². The Kier molecular flexibility index (Phi) is 5.20. The number of unbranched alkanes of at least 4 members (excludes halogenated alkanes) is 1. The van der Waals surface area contributed by atoms with E-state index in [1.165, 1.54) is 23.1 Å². The average Bonchev–Trinajstić information content (AvgIpc) is 2.48. The summed E-state index contributed by atoms with van der Waals surface area (Å²) in [4.78, 5) is 0. The summed E-state index contributed by atoms with van der Waals surface area (Å²) in [5.41, 5.74) is 4.28. The van der Waals surface area contributed by atoms with Gasteiger partial charge in [-0.25, -0.2) is 0 Å². The fraction of sp³-hybridized carbons (Fsp3) is 0.316. The highest BCUT2D eigenvalue weighted by Crippen LogP contribution is 2.31. The zero-order valence-corrected chi connectivity index (χ0v) is 12.0. The molecule has 0 saturated carbocycles. The van der Waals surface area contributed by atoms with E-state index >= 15 is 0 Å². The third-order valence-electron chi connectivity index (χ3n) is 3.63. The predicted molar refractivity (Wildman–Crippen MR) is 83.3 cm³/mol. The van der Waals surface area contributed by atoms with E-state index in [4.69, 9.17) is 0 Å². The van der Waals surface area contributed by atoms with Crippen LogP contribution in [0.4, 0.5) is 0 Å². The molecule has 19 heavy (non-hydrogen) atoms. The van der Waals surface area contributed by atoms with Crippen LogP contribution in [0.15, 0.2) is 54.6 Å². The van der Waals surface area contributed by atoms with Gasteiger partial charge in [0.15, 0.2) is 0 Å². The molecule has 0 N–H and O–H groups in total. The zero-order valence-electron chi connectivity index (χ0n) is 12.0. The van der Waals surface area contributed by atoms with Gasteiger partial charge < -0.3 is 0 Å². The summed E-state index contributed by atoms with van der Waals surface area (Å²) in [6.45, 7) is 4.50. The molecule has 0 aliphatic rings. The van der Waals surface area contributed by atoms with Crippen LogP contribution in [-0.4, -0.2) is 0 Å². The van der Waals surface area contributed by atoms with Crippen molar-refractivity contribution in [2.75, 3.05) is 0 Å². The molecule has 0 aliphatic heterocycles. The average molecular weight is 251 g/mol. The molecule has 2 aromatic carbocycles. The molecule has 1 unspecified atom stereocenters. The molecule has 0 bridgehead atoms. The van der Waals surface area contributed by atoms with Gasteiger partial charge in [-0.1, -0.05) is 74.9 Å². The molecule has 2 rings (SSSR count). The standard InChI is InChI=1S/C19H23/c1-3-5-11-17-14-9-10-15-19(17)18(4-2)16-12-7-6-8-13-16/h6-15,18H,3-5H2,1-2H3. The lowest BCUT2D eigenvalue weighted by Gasteiger charge is -2.19. The molecule has 0 amide bonds. The summed E-state index contributed by atoms with van der Waals surface area (Å²) in [5.74, 6) is 0.505. The first-order chi connectivity index (χ1) is 9.36. The lowest BCUT2D eigenvalue weighted by atomic mass is 9.85. The molecule has 0 aromatic heterocycles. The monoisotopic (exact) mass is 251 g/mol. The van der Waals surface area contributed by atoms with Gasteiger partial charge in [-0.2, -0.15) is 0 Å². The second kappa shape index (κ2) is 7.13. The van der Waals surface area contributed by atoms with Crippen molar-refractivity contribution in [1.29, 1.82) is 0 Å². The normalized spacial score (nSPS) is 12.3. The largest absolute Gasteiger partial charge is 0.0654 e. The molecular formula is C19H23. The van der Waals surface area contributed by atoms with E-state index in [0.29, 0.717) is 5.92 Å². The smallest absolute Gasteiger partial charge is 0.00895 e. The predicted octanol–water partition coefficient (Wildman–Crippen LogP) is 5.58. The lowest BCUT2D eigenvalue weighted by Crippen LogP contribution is -2.03. The van der Waals surface area contributed by atoms with E-state index in [2.05, 4.69) is 74.9 Å². The first kappa shape index (κ1) is 13.9. The first-order valence-corrected chi connectivity index (χ1v) is 7.33. The van der Waals surface area contributed by atoms with Crippen molar-refractivity contribution < 1.29 is 0 Å². The maximum Gasteiger partial charge on any atom is 0.00895 e. The van der Waals surface area contributed by atoms with Crippen LogP contribution in [0.25, 0.3) is 0 Å². The Morgan fingerprint density at radius 2 is 1.58 bits per heavy atom. The van der Waals surface area contributed by atoms with E-state index in [9.17, 15) is 0 Å². The van der Waals surface area contributed by atoms with Gasteiger partial charge in [0.25, 0.3) is 0 Å². The molecule has 0 aliphatic carbocycles. The Morgan fingerprint density at radius 1 is 0.895 bits per heavy atom. The fourth-order valence-electron chi connectivity index (χ4n) is 2.63. The molecular weight excluding hydrogens is 228 g/mol. The van der Waals surface area contributed by atoms with Gasteiger partial charge in [0, 0.05) is 5.92 Å². The second-order valence-electron chi connectivity index (χ2n) is 4.99. The summed E-state index contributed by atoms with van der Waals surface area (Å²) in [6.07, 6.45) is 5.88. The number of benzene rings is 2. The van der Waals surface area contributed by atoms with Gasteiger partial charge in [0.1, 0.15) is 0 Å². The van der Waals surface area contributed by atoms with E-state index in [1.54, 1.807) is 0 Å². The highest BCUT2D eigenvalue weighted by molar-refractivity contribution is 5.41. The highest BCUT2D eigenvalue weighted by Gasteiger charge is 2.14. The molecule has 0 nitrogen and oxygen atoms in total. The molecule has 0 fully saturated rings. The number of hydrogen-bond acceptors (Lipinski definition) is 0. The van der Waals surface area contributed by atoms with Crippen LogP contribution in [0.2, 0.25) is 0 Å². The minimum Gasteiger partial charge on any atom is -0.0654 e. The van der Waals surface area contributed by atoms with Crippen LogP contribution in [0, 0.1) is 6.42 Å². The SMILES string of the molecule is CCC[CH]c1ccccc1C(CC)c1ccccc1. The number of hydrogen-bond donors (Lipinski definition) is 0. The molecule has 1 radical (unpaired) electrons. The van der Waals surface area contributed by atoms with Gasteiger partial charge in [-0.15, -0.1) is 0 Å². The van der Waals surface area contributed by atoms with Crippen molar-refractivity contribution in [2.24, 2.45) is 0 Å². The molecule has 2 aromatic rings. The lowest BCUT2D eigenvalue weighted by molar-refractivity contribution is 0.768. The van der Waals surface area contributed by atoms with Crippen LogP contribution in [0.3, 0.4) is 0 Å². The highest BCUT2D eigenvalue weighted by atomic mass is 14.2. The third-order valence-corrected chi connectivity index (χ3v) is 3.63.